The molecule has 1 heterocycles. The Morgan fingerprint density at radius 3 is 2.27 bits per heavy atom. The second-order valence-corrected chi connectivity index (χ2v) is 4.09. The topological polar surface area (TPSA) is 49.5 Å². The van der Waals surface area contributed by atoms with E-state index in [-0.39, 0.29) is 5.66 Å². The van der Waals surface area contributed by atoms with Crippen LogP contribution < -0.4 is 5.73 Å². The third kappa shape index (κ3) is 1.72. The van der Waals surface area contributed by atoms with Crippen molar-refractivity contribution in [2.75, 3.05) is 13.1 Å². The van der Waals surface area contributed by atoms with E-state index in [1.807, 2.05) is 20.8 Å². The van der Waals surface area contributed by atoms with Gasteiger partial charge in [0, 0.05) is 13.1 Å². The minimum atomic E-state index is -0.462. The molecule has 3 nitrogen and oxygen atoms in total. The monoisotopic (exact) mass is 158 g/mol. The lowest BCUT2D eigenvalue weighted by atomic mass is 9.89. The molecule has 1 saturated heterocycles. The van der Waals surface area contributed by atoms with Gasteiger partial charge in [-0.25, -0.2) is 0 Å². The summed E-state index contributed by atoms with van der Waals surface area (Å²) in [5.74, 6) is 0. The Hall–Kier alpha value is -0.120. The zero-order chi connectivity index (χ0) is 8.70. The van der Waals surface area contributed by atoms with Gasteiger partial charge in [-0.3, -0.25) is 4.90 Å². The van der Waals surface area contributed by atoms with Crippen molar-refractivity contribution in [2.45, 2.75) is 38.5 Å². The zero-order valence-electron chi connectivity index (χ0n) is 7.59. The molecule has 0 aliphatic carbocycles. The summed E-state index contributed by atoms with van der Waals surface area (Å²) in [6, 6.07) is 0. The van der Waals surface area contributed by atoms with Crippen molar-refractivity contribution in [3.8, 4) is 0 Å². The van der Waals surface area contributed by atoms with E-state index in [0.29, 0.717) is 13.1 Å². The highest BCUT2D eigenvalue weighted by molar-refractivity contribution is 4.98. The molecule has 0 amide bonds. The van der Waals surface area contributed by atoms with Crippen LogP contribution in [0.4, 0.5) is 0 Å². The Morgan fingerprint density at radius 1 is 1.55 bits per heavy atom. The molecule has 0 spiro atoms. The average molecular weight is 158 g/mol. The van der Waals surface area contributed by atoms with Gasteiger partial charge in [-0.15, -0.1) is 0 Å². The summed E-state index contributed by atoms with van der Waals surface area (Å²) in [5.41, 5.74) is 5.09. The van der Waals surface area contributed by atoms with Crippen molar-refractivity contribution in [3.05, 3.63) is 0 Å². The maximum atomic E-state index is 9.66. The first kappa shape index (κ1) is 8.97. The molecule has 0 bridgehead atoms. The fourth-order valence-corrected chi connectivity index (χ4v) is 1.30. The Kier molecular flexibility index (Phi) is 1.99. The summed E-state index contributed by atoms with van der Waals surface area (Å²) in [5, 5.41) is 9.66. The van der Waals surface area contributed by atoms with Crippen molar-refractivity contribution in [1.82, 2.24) is 4.90 Å². The van der Waals surface area contributed by atoms with Gasteiger partial charge < -0.3 is 10.8 Å². The summed E-state index contributed by atoms with van der Waals surface area (Å²) in [4.78, 5) is 2.08. The molecule has 0 atom stereocenters. The SMILES string of the molecule is CCC1(O)CN(C(C)(C)N)C1. The second kappa shape index (κ2) is 2.44. The molecule has 0 saturated carbocycles. The predicted molar refractivity (Wildman–Crippen MR) is 45.1 cm³/mol. The highest BCUT2D eigenvalue weighted by Crippen LogP contribution is 2.28. The van der Waals surface area contributed by atoms with Gasteiger partial charge in [-0.1, -0.05) is 6.92 Å². The molecule has 0 aromatic heterocycles. The van der Waals surface area contributed by atoms with Crippen molar-refractivity contribution in [2.24, 2.45) is 5.73 Å². The van der Waals surface area contributed by atoms with Crippen LogP contribution in [-0.2, 0) is 0 Å². The third-order valence-corrected chi connectivity index (χ3v) is 2.44. The summed E-state index contributed by atoms with van der Waals surface area (Å²) in [7, 11) is 0. The molecule has 1 aliphatic rings. The van der Waals surface area contributed by atoms with E-state index < -0.39 is 5.60 Å². The van der Waals surface area contributed by atoms with Crippen LogP contribution in [-0.4, -0.2) is 34.4 Å². The van der Waals surface area contributed by atoms with Crippen LogP contribution in [0.15, 0.2) is 0 Å². The van der Waals surface area contributed by atoms with Gasteiger partial charge in [0.25, 0.3) is 0 Å². The minimum absolute atomic E-state index is 0.276. The van der Waals surface area contributed by atoms with Crippen molar-refractivity contribution in [1.29, 1.82) is 0 Å². The largest absolute Gasteiger partial charge is 0.387 e. The van der Waals surface area contributed by atoms with Gasteiger partial charge in [-0.2, -0.15) is 0 Å². The molecule has 0 aromatic rings. The number of nitrogens with zero attached hydrogens (tertiary/aromatic N) is 1. The van der Waals surface area contributed by atoms with Crippen LogP contribution in [0.3, 0.4) is 0 Å². The van der Waals surface area contributed by atoms with E-state index in [4.69, 9.17) is 5.73 Å². The Labute approximate surface area is 68.2 Å². The number of β-amino-alcohol motifs (C(OH)–C–C–N with tert-alkyl or cyclic N) is 1. The quantitative estimate of drug-likeness (QED) is 0.601. The zero-order valence-corrected chi connectivity index (χ0v) is 7.59. The second-order valence-electron chi connectivity index (χ2n) is 4.09. The van der Waals surface area contributed by atoms with Gasteiger partial charge >= 0.3 is 0 Å². The van der Waals surface area contributed by atoms with Crippen LogP contribution in [0.1, 0.15) is 27.2 Å². The highest BCUT2D eigenvalue weighted by Gasteiger charge is 2.44. The molecule has 0 unspecified atom stereocenters. The van der Waals surface area contributed by atoms with E-state index in [9.17, 15) is 5.11 Å². The lowest BCUT2D eigenvalue weighted by Gasteiger charge is -2.52. The molecular weight excluding hydrogens is 140 g/mol. The van der Waals surface area contributed by atoms with Gasteiger partial charge in [0.1, 0.15) is 0 Å². The molecule has 1 rings (SSSR count). The number of nitrogens with two attached hydrogens (primary N) is 1. The van der Waals surface area contributed by atoms with Gasteiger partial charge in [0.15, 0.2) is 0 Å². The molecule has 0 aromatic carbocycles. The van der Waals surface area contributed by atoms with Crippen LogP contribution in [0, 0.1) is 0 Å². The molecule has 1 fully saturated rings. The number of aliphatic hydroxyl groups is 1. The van der Waals surface area contributed by atoms with Gasteiger partial charge in [-0.05, 0) is 20.3 Å². The first-order valence-corrected chi connectivity index (χ1v) is 4.14. The summed E-state index contributed by atoms with van der Waals surface area (Å²) >= 11 is 0. The van der Waals surface area contributed by atoms with Crippen molar-refractivity contribution < 1.29 is 5.11 Å². The summed E-state index contributed by atoms with van der Waals surface area (Å²) in [6.07, 6.45) is 0.819. The van der Waals surface area contributed by atoms with Gasteiger partial charge in [0.05, 0.1) is 11.3 Å². The molecule has 1 aliphatic heterocycles. The van der Waals surface area contributed by atoms with Crippen molar-refractivity contribution in [3.63, 3.8) is 0 Å². The Bertz CT molecular complexity index is 145. The maximum Gasteiger partial charge on any atom is 0.0898 e. The van der Waals surface area contributed by atoms with E-state index in [0.717, 1.165) is 6.42 Å². The Morgan fingerprint density at radius 2 is 2.00 bits per heavy atom. The number of rotatable bonds is 2. The predicted octanol–water partition coefficient (Wildman–Crippen LogP) is 0.138. The van der Waals surface area contributed by atoms with Crippen LogP contribution in [0.2, 0.25) is 0 Å². The standard InChI is InChI=1S/C8H18N2O/c1-4-8(11)5-10(6-8)7(2,3)9/h11H,4-6,9H2,1-3H3. The van der Waals surface area contributed by atoms with Gasteiger partial charge in [0.2, 0.25) is 0 Å². The molecule has 0 radical (unpaired) electrons. The van der Waals surface area contributed by atoms with Crippen molar-refractivity contribution >= 4 is 0 Å². The third-order valence-electron chi connectivity index (χ3n) is 2.44. The summed E-state index contributed by atoms with van der Waals surface area (Å²) < 4.78 is 0. The molecule has 3 N–H and O–H groups in total. The molecular formula is C8H18N2O. The number of hydrogen-bond acceptors (Lipinski definition) is 3. The number of likely N-dealkylation sites (tertiary alicyclic amines) is 1. The van der Waals surface area contributed by atoms with E-state index >= 15 is 0 Å². The lowest BCUT2D eigenvalue weighted by molar-refractivity contribution is -0.135. The highest BCUT2D eigenvalue weighted by atomic mass is 16.3. The molecule has 3 heteroatoms. The van der Waals surface area contributed by atoms with Crippen LogP contribution in [0.5, 0.6) is 0 Å². The smallest absolute Gasteiger partial charge is 0.0898 e. The first-order valence-electron chi connectivity index (χ1n) is 4.14. The lowest BCUT2D eigenvalue weighted by Crippen LogP contribution is -2.70. The fraction of sp³-hybridized carbons (Fsp3) is 1.00. The minimum Gasteiger partial charge on any atom is -0.387 e. The normalized spacial score (nSPS) is 24.8. The molecule has 66 valence electrons. The van der Waals surface area contributed by atoms with E-state index in [2.05, 4.69) is 4.90 Å². The molecule has 11 heavy (non-hydrogen) atoms. The summed E-state index contributed by atoms with van der Waals surface area (Å²) in [6.45, 7) is 7.35. The van der Waals surface area contributed by atoms with Crippen LogP contribution in [0.25, 0.3) is 0 Å². The Balaban J connectivity index is 2.40. The fourth-order valence-electron chi connectivity index (χ4n) is 1.30. The average Bonchev–Trinajstić information content (AvgIpc) is 1.78. The van der Waals surface area contributed by atoms with E-state index in [1.54, 1.807) is 0 Å². The first-order chi connectivity index (χ1) is 4.87. The van der Waals surface area contributed by atoms with E-state index in [1.165, 1.54) is 0 Å². The van der Waals surface area contributed by atoms with Crippen LogP contribution >= 0.6 is 0 Å². The maximum absolute atomic E-state index is 9.66. The number of hydrogen-bond donors (Lipinski definition) is 2.